The standard InChI is InChI=1S/C18H18BrNO3/c19-14-3-6-17(22)16(11-14)18(23)20-9-7-13(8-10-20)12-1-4-15(21)5-2-12/h1-6,11,13,21-22H,7-10H2. The molecule has 1 aliphatic heterocycles. The van der Waals surface area contributed by atoms with Crippen molar-refractivity contribution in [2.24, 2.45) is 0 Å². The van der Waals surface area contributed by atoms with Gasteiger partial charge in [-0.05, 0) is 54.7 Å². The van der Waals surface area contributed by atoms with Crippen molar-refractivity contribution in [1.29, 1.82) is 0 Å². The van der Waals surface area contributed by atoms with Crippen LogP contribution in [0.3, 0.4) is 0 Å². The van der Waals surface area contributed by atoms with Crippen LogP contribution in [0.15, 0.2) is 46.9 Å². The van der Waals surface area contributed by atoms with Crippen LogP contribution in [0.5, 0.6) is 11.5 Å². The molecule has 1 aliphatic rings. The number of likely N-dealkylation sites (tertiary alicyclic amines) is 1. The lowest BCUT2D eigenvalue weighted by Crippen LogP contribution is -2.37. The third-order valence-electron chi connectivity index (χ3n) is 4.34. The van der Waals surface area contributed by atoms with E-state index in [4.69, 9.17) is 0 Å². The van der Waals surface area contributed by atoms with Crippen molar-refractivity contribution < 1.29 is 15.0 Å². The van der Waals surface area contributed by atoms with Crippen LogP contribution in [-0.4, -0.2) is 34.1 Å². The van der Waals surface area contributed by atoms with Crippen molar-refractivity contribution in [3.8, 4) is 11.5 Å². The van der Waals surface area contributed by atoms with Gasteiger partial charge in [-0.25, -0.2) is 0 Å². The minimum atomic E-state index is -0.132. The van der Waals surface area contributed by atoms with Crippen LogP contribution >= 0.6 is 15.9 Å². The molecule has 2 N–H and O–H groups in total. The second-order valence-electron chi connectivity index (χ2n) is 5.82. The number of hydrogen-bond donors (Lipinski definition) is 2. The molecule has 4 nitrogen and oxygen atoms in total. The molecule has 0 unspecified atom stereocenters. The van der Waals surface area contributed by atoms with Crippen LogP contribution < -0.4 is 0 Å². The Morgan fingerprint density at radius 2 is 1.70 bits per heavy atom. The maximum Gasteiger partial charge on any atom is 0.257 e. The summed E-state index contributed by atoms with van der Waals surface area (Å²) in [5.41, 5.74) is 1.53. The Morgan fingerprint density at radius 1 is 1.04 bits per heavy atom. The van der Waals surface area contributed by atoms with Gasteiger partial charge in [-0.2, -0.15) is 0 Å². The van der Waals surface area contributed by atoms with E-state index in [9.17, 15) is 15.0 Å². The molecule has 2 aromatic rings. The quantitative estimate of drug-likeness (QED) is 0.836. The van der Waals surface area contributed by atoms with Gasteiger partial charge in [-0.15, -0.1) is 0 Å². The summed E-state index contributed by atoms with van der Waals surface area (Å²) >= 11 is 3.33. The number of phenolic OH excluding ortho intramolecular Hbond substituents is 2. The van der Waals surface area contributed by atoms with Gasteiger partial charge in [-0.1, -0.05) is 28.1 Å². The van der Waals surface area contributed by atoms with Gasteiger partial charge < -0.3 is 15.1 Å². The number of piperidine rings is 1. The van der Waals surface area contributed by atoms with Crippen LogP contribution in [0.2, 0.25) is 0 Å². The van der Waals surface area contributed by atoms with Crippen molar-refractivity contribution in [2.75, 3.05) is 13.1 Å². The van der Waals surface area contributed by atoms with Gasteiger partial charge in [0.05, 0.1) is 5.56 Å². The summed E-state index contributed by atoms with van der Waals surface area (Å²) in [5, 5.41) is 19.3. The number of phenols is 2. The van der Waals surface area contributed by atoms with E-state index in [1.807, 2.05) is 12.1 Å². The minimum absolute atomic E-state index is 0.0128. The Labute approximate surface area is 143 Å². The Kier molecular flexibility index (Phi) is 4.57. The fourth-order valence-electron chi connectivity index (χ4n) is 3.01. The highest BCUT2D eigenvalue weighted by atomic mass is 79.9. The molecule has 2 aromatic carbocycles. The van der Waals surface area contributed by atoms with Crippen molar-refractivity contribution in [2.45, 2.75) is 18.8 Å². The lowest BCUT2D eigenvalue weighted by Gasteiger charge is -2.32. The Morgan fingerprint density at radius 3 is 2.35 bits per heavy atom. The first-order chi connectivity index (χ1) is 11.0. The van der Waals surface area contributed by atoms with Crippen molar-refractivity contribution in [3.63, 3.8) is 0 Å². The van der Waals surface area contributed by atoms with Crippen LogP contribution in [0, 0.1) is 0 Å². The minimum Gasteiger partial charge on any atom is -0.508 e. The number of aromatic hydroxyl groups is 2. The molecule has 1 saturated heterocycles. The van der Waals surface area contributed by atoms with E-state index in [0.717, 1.165) is 17.3 Å². The van der Waals surface area contributed by atoms with E-state index < -0.39 is 0 Å². The number of halogens is 1. The average Bonchev–Trinajstić information content (AvgIpc) is 2.57. The van der Waals surface area contributed by atoms with Gasteiger partial charge in [-0.3, -0.25) is 4.79 Å². The molecule has 0 aromatic heterocycles. The molecule has 23 heavy (non-hydrogen) atoms. The average molecular weight is 376 g/mol. The van der Waals surface area contributed by atoms with Crippen LogP contribution in [-0.2, 0) is 0 Å². The molecule has 0 bridgehead atoms. The van der Waals surface area contributed by atoms with Crippen molar-refractivity contribution in [3.05, 3.63) is 58.1 Å². The van der Waals surface area contributed by atoms with Gasteiger partial charge in [0.15, 0.2) is 0 Å². The summed E-state index contributed by atoms with van der Waals surface area (Å²) in [6.45, 7) is 1.33. The monoisotopic (exact) mass is 375 g/mol. The number of benzene rings is 2. The zero-order chi connectivity index (χ0) is 16.4. The number of carbonyl (C=O) groups is 1. The van der Waals surface area contributed by atoms with Gasteiger partial charge in [0, 0.05) is 17.6 Å². The Balaban J connectivity index is 1.67. The number of nitrogens with zero attached hydrogens (tertiary/aromatic N) is 1. The van der Waals surface area contributed by atoms with Crippen LogP contribution in [0.4, 0.5) is 0 Å². The van der Waals surface area contributed by atoms with E-state index >= 15 is 0 Å². The third kappa shape index (κ3) is 3.50. The van der Waals surface area contributed by atoms with Crippen molar-refractivity contribution >= 4 is 21.8 Å². The van der Waals surface area contributed by atoms with Gasteiger partial charge in [0.1, 0.15) is 11.5 Å². The maximum absolute atomic E-state index is 12.6. The molecule has 1 heterocycles. The molecule has 120 valence electrons. The van der Waals surface area contributed by atoms with E-state index in [-0.39, 0.29) is 17.4 Å². The summed E-state index contributed by atoms with van der Waals surface area (Å²) in [5.74, 6) is 0.550. The zero-order valence-electron chi connectivity index (χ0n) is 12.6. The number of amides is 1. The highest BCUT2D eigenvalue weighted by Crippen LogP contribution is 2.31. The summed E-state index contributed by atoms with van der Waals surface area (Å²) in [6.07, 6.45) is 1.76. The molecule has 3 rings (SSSR count). The SMILES string of the molecule is O=C(c1cc(Br)ccc1O)N1CCC(c2ccc(O)cc2)CC1. The van der Waals surface area contributed by atoms with E-state index in [2.05, 4.69) is 15.9 Å². The maximum atomic E-state index is 12.6. The highest BCUT2D eigenvalue weighted by molar-refractivity contribution is 9.10. The number of hydrogen-bond acceptors (Lipinski definition) is 3. The predicted octanol–water partition coefficient (Wildman–Crippen LogP) is 3.88. The predicted molar refractivity (Wildman–Crippen MR) is 91.8 cm³/mol. The summed E-state index contributed by atoms with van der Waals surface area (Å²) < 4.78 is 0.776. The summed E-state index contributed by atoms with van der Waals surface area (Å²) in [4.78, 5) is 14.4. The smallest absolute Gasteiger partial charge is 0.257 e. The molecular formula is C18H18BrNO3. The topological polar surface area (TPSA) is 60.8 Å². The first-order valence-corrected chi connectivity index (χ1v) is 8.40. The summed E-state index contributed by atoms with van der Waals surface area (Å²) in [6, 6.07) is 12.2. The lowest BCUT2D eigenvalue weighted by molar-refractivity contribution is 0.0710. The van der Waals surface area contributed by atoms with Gasteiger partial charge >= 0.3 is 0 Å². The number of carbonyl (C=O) groups excluding carboxylic acids is 1. The highest BCUT2D eigenvalue weighted by Gasteiger charge is 2.26. The zero-order valence-corrected chi connectivity index (χ0v) is 14.2. The largest absolute Gasteiger partial charge is 0.508 e. The van der Waals surface area contributed by atoms with E-state index in [1.165, 1.54) is 11.6 Å². The second-order valence-corrected chi connectivity index (χ2v) is 6.74. The molecule has 0 atom stereocenters. The molecule has 0 saturated carbocycles. The lowest BCUT2D eigenvalue weighted by atomic mass is 9.89. The molecule has 0 radical (unpaired) electrons. The first kappa shape index (κ1) is 15.9. The van der Waals surface area contributed by atoms with Crippen LogP contribution in [0.25, 0.3) is 0 Å². The third-order valence-corrected chi connectivity index (χ3v) is 4.83. The first-order valence-electron chi connectivity index (χ1n) is 7.61. The molecule has 0 spiro atoms. The second kappa shape index (κ2) is 6.62. The molecular weight excluding hydrogens is 358 g/mol. The Hall–Kier alpha value is -2.01. The fourth-order valence-corrected chi connectivity index (χ4v) is 3.37. The van der Waals surface area contributed by atoms with Gasteiger partial charge in [0.25, 0.3) is 5.91 Å². The molecule has 0 aliphatic carbocycles. The fraction of sp³-hybridized carbons (Fsp3) is 0.278. The summed E-state index contributed by atoms with van der Waals surface area (Å²) in [7, 11) is 0. The van der Waals surface area contributed by atoms with Gasteiger partial charge in [0.2, 0.25) is 0 Å². The normalized spacial score (nSPS) is 15.6. The van der Waals surface area contributed by atoms with Crippen molar-refractivity contribution in [1.82, 2.24) is 4.90 Å². The van der Waals surface area contributed by atoms with E-state index in [1.54, 1.807) is 29.2 Å². The molecule has 1 fully saturated rings. The Bertz CT molecular complexity index is 707. The van der Waals surface area contributed by atoms with Crippen LogP contribution in [0.1, 0.15) is 34.7 Å². The number of rotatable bonds is 2. The molecule has 1 amide bonds. The van der Waals surface area contributed by atoms with E-state index in [0.29, 0.717) is 24.6 Å². The molecule has 5 heteroatoms.